The molecule has 6 heteroatoms. The van der Waals surface area contributed by atoms with Crippen molar-refractivity contribution in [3.05, 3.63) is 43.2 Å². The van der Waals surface area contributed by atoms with Crippen LogP contribution >= 0.6 is 43.2 Å². The van der Waals surface area contributed by atoms with E-state index in [0.29, 0.717) is 12.2 Å². The Labute approximate surface area is 133 Å². The average Bonchev–Trinajstić information content (AvgIpc) is 2.92. The summed E-state index contributed by atoms with van der Waals surface area (Å²) >= 11 is 8.44. The molecule has 2 rings (SSSR count). The molecule has 0 bridgehead atoms. The summed E-state index contributed by atoms with van der Waals surface area (Å²) in [5, 5.41) is 4.95. The zero-order chi connectivity index (χ0) is 14.0. The maximum atomic E-state index is 12.2. The Morgan fingerprint density at radius 3 is 2.68 bits per heavy atom. The fourth-order valence-electron chi connectivity index (χ4n) is 1.76. The number of hydrogen-bond acceptors (Lipinski definition) is 2. The van der Waals surface area contributed by atoms with Gasteiger partial charge in [0, 0.05) is 31.4 Å². The first-order valence-corrected chi connectivity index (χ1v) is 8.32. The molecule has 3 nitrogen and oxygen atoms in total. The third-order valence-electron chi connectivity index (χ3n) is 2.65. The van der Waals surface area contributed by atoms with Gasteiger partial charge >= 0.3 is 0 Å². The van der Waals surface area contributed by atoms with Crippen LogP contribution in [0.15, 0.2) is 32.7 Å². The van der Waals surface area contributed by atoms with Crippen molar-refractivity contribution in [3.8, 4) is 0 Å². The molecular weight excluding hydrogens is 392 g/mol. The van der Waals surface area contributed by atoms with E-state index in [1.165, 1.54) is 0 Å². The largest absolute Gasteiger partial charge is 0.346 e. The first-order chi connectivity index (χ1) is 8.97. The van der Waals surface area contributed by atoms with Gasteiger partial charge in [-0.1, -0.05) is 0 Å². The lowest BCUT2D eigenvalue weighted by atomic mass is 10.3. The highest BCUT2D eigenvalue weighted by Crippen LogP contribution is 2.21. The third kappa shape index (κ3) is 3.70. The highest BCUT2D eigenvalue weighted by molar-refractivity contribution is 9.10. The predicted molar refractivity (Wildman–Crippen MR) is 85.7 cm³/mol. The molecule has 0 saturated carbocycles. The summed E-state index contributed by atoms with van der Waals surface area (Å²) in [5.74, 6) is -0.0519. The second-order valence-electron chi connectivity index (χ2n) is 4.46. The molecule has 0 atom stereocenters. The minimum Gasteiger partial charge on any atom is -0.346 e. The summed E-state index contributed by atoms with van der Waals surface area (Å²) in [6.45, 7) is 4.66. The van der Waals surface area contributed by atoms with E-state index in [0.717, 1.165) is 13.8 Å². The Bertz CT molecular complexity index is 589. The van der Waals surface area contributed by atoms with Gasteiger partial charge in [-0.3, -0.25) is 4.79 Å². The van der Waals surface area contributed by atoms with Crippen LogP contribution in [-0.4, -0.2) is 10.5 Å². The molecule has 0 saturated heterocycles. The molecule has 0 spiro atoms. The van der Waals surface area contributed by atoms with E-state index in [9.17, 15) is 4.79 Å². The van der Waals surface area contributed by atoms with Crippen molar-refractivity contribution < 1.29 is 4.79 Å². The second kappa shape index (κ2) is 6.24. The van der Waals surface area contributed by atoms with Crippen LogP contribution in [-0.2, 0) is 6.54 Å². The number of hydrogen-bond donors (Lipinski definition) is 1. The molecule has 0 aromatic carbocycles. The topological polar surface area (TPSA) is 34.0 Å². The summed E-state index contributed by atoms with van der Waals surface area (Å²) in [5.41, 5.74) is 0.678. The number of halogens is 2. The summed E-state index contributed by atoms with van der Waals surface area (Å²) in [4.78, 5) is 13.3. The number of rotatable bonds is 4. The molecule has 0 radical (unpaired) electrons. The van der Waals surface area contributed by atoms with Crippen molar-refractivity contribution in [3.63, 3.8) is 0 Å². The molecule has 0 aliphatic rings. The molecule has 0 aliphatic carbocycles. The van der Waals surface area contributed by atoms with Crippen molar-refractivity contribution in [1.82, 2.24) is 9.88 Å². The average molecular weight is 406 g/mol. The number of nitrogens with zero attached hydrogens (tertiary/aromatic N) is 1. The summed E-state index contributed by atoms with van der Waals surface area (Å²) in [6.07, 6.45) is 1.93. The number of nitrogens with one attached hydrogen (secondary N) is 1. The van der Waals surface area contributed by atoms with Gasteiger partial charge in [0.2, 0.25) is 0 Å². The molecule has 0 unspecified atom stereocenters. The molecule has 102 valence electrons. The number of aromatic nitrogens is 1. The van der Waals surface area contributed by atoms with Gasteiger partial charge < -0.3 is 9.88 Å². The third-order valence-corrected chi connectivity index (χ3v) is 4.78. The van der Waals surface area contributed by atoms with Crippen molar-refractivity contribution in [2.75, 3.05) is 0 Å². The molecule has 1 amide bonds. The summed E-state index contributed by atoms with van der Waals surface area (Å²) in [7, 11) is 0. The lowest BCUT2D eigenvalue weighted by Gasteiger charge is -2.12. The predicted octanol–water partition coefficient (Wildman–Crippen LogP) is 4.59. The van der Waals surface area contributed by atoms with E-state index in [-0.39, 0.29) is 11.9 Å². The van der Waals surface area contributed by atoms with Crippen molar-refractivity contribution in [1.29, 1.82) is 0 Å². The van der Waals surface area contributed by atoms with Gasteiger partial charge in [0.25, 0.3) is 5.91 Å². The van der Waals surface area contributed by atoms with Gasteiger partial charge in [0.1, 0.15) is 5.69 Å². The van der Waals surface area contributed by atoms with E-state index in [1.54, 1.807) is 11.3 Å². The van der Waals surface area contributed by atoms with E-state index in [1.807, 2.05) is 28.3 Å². The maximum Gasteiger partial charge on any atom is 0.268 e. The van der Waals surface area contributed by atoms with Gasteiger partial charge in [-0.05, 0) is 57.8 Å². The lowest BCUT2D eigenvalue weighted by molar-refractivity contribution is 0.0940. The molecule has 2 aromatic heterocycles. The summed E-state index contributed by atoms with van der Waals surface area (Å²) in [6, 6.07) is 4.12. The Morgan fingerprint density at radius 1 is 1.37 bits per heavy atom. The highest BCUT2D eigenvalue weighted by Gasteiger charge is 2.14. The Kier molecular flexibility index (Phi) is 4.86. The standard InChI is InChI=1S/C13H14Br2N2OS/c1-8(2)17-6-9(14)4-12(17)13(18)16-5-11-3-10(15)7-19-11/h3-4,6-8H,5H2,1-2H3,(H,16,18). The number of amides is 1. The fraction of sp³-hybridized carbons (Fsp3) is 0.308. The molecule has 2 heterocycles. The zero-order valence-electron chi connectivity index (χ0n) is 10.6. The quantitative estimate of drug-likeness (QED) is 0.793. The van der Waals surface area contributed by atoms with Crippen molar-refractivity contribution in [2.24, 2.45) is 0 Å². The van der Waals surface area contributed by atoms with Crippen LogP contribution in [0.25, 0.3) is 0 Å². The smallest absolute Gasteiger partial charge is 0.268 e. The Balaban J connectivity index is 2.07. The monoisotopic (exact) mass is 404 g/mol. The van der Waals surface area contributed by atoms with Gasteiger partial charge in [0.15, 0.2) is 0 Å². The number of carbonyl (C=O) groups excluding carboxylic acids is 1. The van der Waals surface area contributed by atoms with Gasteiger partial charge in [-0.15, -0.1) is 11.3 Å². The lowest BCUT2D eigenvalue weighted by Crippen LogP contribution is -2.25. The van der Waals surface area contributed by atoms with Crippen molar-refractivity contribution in [2.45, 2.75) is 26.4 Å². The summed E-state index contributed by atoms with van der Waals surface area (Å²) < 4.78 is 3.93. The molecular formula is C13H14Br2N2OS. The van der Waals surface area contributed by atoms with Crippen LogP contribution in [0.1, 0.15) is 35.3 Å². The molecule has 0 fully saturated rings. The minimum atomic E-state index is -0.0519. The first kappa shape index (κ1) is 14.8. The van der Waals surface area contributed by atoms with E-state index >= 15 is 0 Å². The number of thiophene rings is 1. The van der Waals surface area contributed by atoms with Crippen LogP contribution in [0.2, 0.25) is 0 Å². The molecule has 1 N–H and O–H groups in total. The highest BCUT2D eigenvalue weighted by atomic mass is 79.9. The maximum absolute atomic E-state index is 12.2. The first-order valence-electron chi connectivity index (χ1n) is 5.86. The van der Waals surface area contributed by atoms with Crippen molar-refractivity contribution >= 4 is 49.1 Å². The van der Waals surface area contributed by atoms with E-state index in [4.69, 9.17) is 0 Å². The normalized spacial score (nSPS) is 11.0. The van der Waals surface area contributed by atoms with Crippen LogP contribution in [0.4, 0.5) is 0 Å². The second-order valence-corrected chi connectivity index (χ2v) is 7.29. The van der Waals surface area contributed by atoms with Crippen LogP contribution in [0.5, 0.6) is 0 Å². The molecule has 0 aliphatic heterocycles. The zero-order valence-corrected chi connectivity index (χ0v) is 14.6. The Morgan fingerprint density at radius 2 is 2.11 bits per heavy atom. The number of carbonyl (C=O) groups is 1. The minimum absolute atomic E-state index is 0.0519. The van der Waals surface area contributed by atoms with E-state index < -0.39 is 0 Å². The SMILES string of the molecule is CC(C)n1cc(Br)cc1C(=O)NCc1cc(Br)cs1. The Hall–Kier alpha value is -0.590. The van der Waals surface area contributed by atoms with Crippen LogP contribution in [0.3, 0.4) is 0 Å². The van der Waals surface area contributed by atoms with Gasteiger partial charge in [-0.2, -0.15) is 0 Å². The van der Waals surface area contributed by atoms with Gasteiger partial charge in [0.05, 0.1) is 6.54 Å². The molecule has 19 heavy (non-hydrogen) atoms. The fourth-order valence-corrected chi connectivity index (χ4v) is 3.59. The van der Waals surface area contributed by atoms with Crippen LogP contribution in [0, 0.1) is 0 Å². The molecule has 2 aromatic rings. The van der Waals surface area contributed by atoms with Gasteiger partial charge in [-0.25, -0.2) is 0 Å². The van der Waals surface area contributed by atoms with Crippen LogP contribution < -0.4 is 5.32 Å². The van der Waals surface area contributed by atoms with E-state index in [2.05, 4.69) is 51.0 Å².